The zero-order valence-electron chi connectivity index (χ0n) is 17.8. The maximum absolute atomic E-state index is 14.4. The fourth-order valence-corrected chi connectivity index (χ4v) is 4.63. The van der Waals surface area contributed by atoms with Gasteiger partial charge in [-0.2, -0.15) is 21.5 Å². The number of ether oxygens (including phenoxy) is 1. The molecule has 4 rings (SSSR count). The summed E-state index contributed by atoms with van der Waals surface area (Å²) in [5.41, 5.74) is 3.49. The van der Waals surface area contributed by atoms with Crippen molar-refractivity contribution in [2.24, 2.45) is 0 Å². The van der Waals surface area contributed by atoms with E-state index in [0.29, 0.717) is 18.7 Å². The van der Waals surface area contributed by atoms with E-state index >= 15 is 0 Å². The molecule has 1 saturated heterocycles. The largest absolute Gasteiger partial charge is 0.436 e. The molecule has 0 spiro atoms. The number of thioether (sulfide) groups is 1. The molecule has 1 fully saturated rings. The minimum absolute atomic E-state index is 0.137. The third-order valence-corrected chi connectivity index (χ3v) is 6.42. The third kappa shape index (κ3) is 4.77. The van der Waals surface area contributed by atoms with Crippen molar-refractivity contribution < 1.29 is 13.9 Å². The number of nitrogens with zero attached hydrogens (tertiary/aromatic N) is 3. The van der Waals surface area contributed by atoms with Crippen molar-refractivity contribution >= 4 is 17.7 Å². The van der Waals surface area contributed by atoms with Crippen LogP contribution in [0.2, 0.25) is 0 Å². The molecular formula is C24H26FN3O2S. The van der Waals surface area contributed by atoms with Gasteiger partial charge in [-0.1, -0.05) is 30.3 Å². The second-order valence-corrected chi connectivity index (χ2v) is 8.82. The summed E-state index contributed by atoms with van der Waals surface area (Å²) in [5, 5.41) is 4.70. The van der Waals surface area contributed by atoms with Crippen molar-refractivity contribution in [2.75, 3.05) is 24.6 Å². The maximum Gasteiger partial charge on any atom is 0.226 e. The van der Waals surface area contributed by atoms with Gasteiger partial charge in [0.25, 0.3) is 0 Å². The van der Waals surface area contributed by atoms with Crippen molar-refractivity contribution in [3.8, 4) is 17.3 Å². The Labute approximate surface area is 186 Å². The molecule has 1 amide bonds. The number of hydrogen-bond acceptors (Lipinski definition) is 4. The molecule has 7 heteroatoms. The van der Waals surface area contributed by atoms with Gasteiger partial charge in [-0.15, -0.1) is 0 Å². The van der Waals surface area contributed by atoms with Crippen LogP contribution in [0.5, 0.6) is 11.6 Å². The number of amides is 1. The van der Waals surface area contributed by atoms with Gasteiger partial charge in [0.2, 0.25) is 11.8 Å². The number of aryl methyl sites for hydroxylation is 2. The van der Waals surface area contributed by atoms with Gasteiger partial charge in [0.15, 0.2) is 11.6 Å². The van der Waals surface area contributed by atoms with E-state index in [1.807, 2.05) is 54.8 Å². The zero-order valence-corrected chi connectivity index (χ0v) is 18.6. The van der Waals surface area contributed by atoms with E-state index in [-0.39, 0.29) is 11.7 Å². The third-order valence-electron chi connectivity index (χ3n) is 5.48. The van der Waals surface area contributed by atoms with Crippen molar-refractivity contribution in [3.05, 3.63) is 71.2 Å². The van der Waals surface area contributed by atoms with Crippen LogP contribution in [-0.2, 0) is 11.2 Å². The maximum atomic E-state index is 14.4. The lowest BCUT2D eigenvalue weighted by atomic mass is 10.1. The minimum atomic E-state index is -0.439. The molecule has 0 radical (unpaired) electrons. The Morgan fingerprint density at radius 3 is 2.55 bits per heavy atom. The van der Waals surface area contributed by atoms with Crippen LogP contribution in [-0.4, -0.2) is 45.2 Å². The molecule has 2 heterocycles. The van der Waals surface area contributed by atoms with Crippen molar-refractivity contribution in [1.29, 1.82) is 0 Å². The number of rotatable bonds is 6. The summed E-state index contributed by atoms with van der Waals surface area (Å²) < 4.78 is 22.2. The Hall–Kier alpha value is -2.80. The number of para-hydroxylation sites is 2. The molecule has 0 unspecified atom stereocenters. The molecule has 1 aromatic heterocycles. The van der Waals surface area contributed by atoms with E-state index < -0.39 is 5.82 Å². The summed E-state index contributed by atoms with van der Waals surface area (Å²) in [6.45, 7) is 5.49. The molecular weight excluding hydrogens is 413 g/mol. The van der Waals surface area contributed by atoms with E-state index in [1.54, 1.807) is 22.9 Å². The first-order valence-electron chi connectivity index (χ1n) is 10.5. The molecule has 0 saturated carbocycles. The topological polar surface area (TPSA) is 47.4 Å². The van der Waals surface area contributed by atoms with E-state index in [1.165, 1.54) is 6.07 Å². The molecule has 0 atom stereocenters. The first kappa shape index (κ1) is 21.4. The molecule has 162 valence electrons. The van der Waals surface area contributed by atoms with Crippen LogP contribution in [0.15, 0.2) is 48.5 Å². The van der Waals surface area contributed by atoms with Crippen LogP contribution in [0.4, 0.5) is 4.39 Å². The molecule has 0 bridgehead atoms. The first-order chi connectivity index (χ1) is 15.0. The van der Waals surface area contributed by atoms with Gasteiger partial charge in [-0.05, 0) is 44.0 Å². The fraction of sp³-hybridized carbons (Fsp3) is 0.333. The van der Waals surface area contributed by atoms with Crippen LogP contribution in [0.25, 0.3) is 5.69 Å². The molecule has 3 aromatic rings. The Bertz CT molecular complexity index is 1080. The number of benzene rings is 2. The van der Waals surface area contributed by atoms with E-state index in [4.69, 9.17) is 9.84 Å². The van der Waals surface area contributed by atoms with E-state index in [9.17, 15) is 9.18 Å². The van der Waals surface area contributed by atoms with Crippen LogP contribution in [0.3, 0.4) is 0 Å². The van der Waals surface area contributed by atoms with Gasteiger partial charge < -0.3 is 9.64 Å². The lowest BCUT2D eigenvalue weighted by molar-refractivity contribution is -0.130. The molecule has 1 aliphatic rings. The minimum Gasteiger partial charge on any atom is -0.436 e. The predicted octanol–water partition coefficient (Wildman–Crippen LogP) is 4.93. The highest BCUT2D eigenvalue weighted by Gasteiger charge is 2.23. The molecule has 0 aliphatic carbocycles. The monoisotopic (exact) mass is 439 g/mol. The quantitative estimate of drug-likeness (QED) is 0.547. The van der Waals surface area contributed by atoms with E-state index in [0.717, 1.165) is 47.1 Å². The van der Waals surface area contributed by atoms with Gasteiger partial charge in [-0.3, -0.25) is 4.79 Å². The summed E-state index contributed by atoms with van der Waals surface area (Å²) in [6, 6.07) is 14.2. The second kappa shape index (κ2) is 9.56. The van der Waals surface area contributed by atoms with Crippen LogP contribution < -0.4 is 4.74 Å². The number of aromatic nitrogens is 2. The SMILES string of the molecule is Cc1ccccc1-n1nc(C)c(CCC(=O)N2CCSCC2)c1Oc1ccccc1F. The number of halogens is 1. The summed E-state index contributed by atoms with van der Waals surface area (Å²) in [6.07, 6.45) is 0.864. The zero-order chi connectivity index (χ0) is 21.8. The van der Waals surface area contributed by atoms with Gasteiger partial charge in [0.05, 0.1) is 11.4 Å². The van der Waals surface area contributed by atoms with E-state index in [2.05, 4.69) is 0 Å². The van der Waals surface area contributed by atoms with Gasteiger partial charge in [0, 0.05) is 36.6 Å². The number of carbonyl (C=O) groups excluding carboxylic acids is 1. The first-order valence-corrected chi connectivity index (χ1v) is 11.6. The van der Waals surface area contributed by atoms with Crippen LogP contribution in [0.1, 0.15) is 23.2 Å². The van der Waals surface area contributed by atoms with Crippen LogP contribution >= 0.6 is 11.8 Å². The summed E-state index contributed by atoms with van der Waals surface area (Å²) in [7, 11) is 0. The molecule has 31 heavy (non-hydrogen) atoms. The standard InChI is InChI=1S/C24H26FN3O2S/c1-17-7-3-5-9-21(17)28-24(30-22-10-6-4-8-20(22)25)19(18(2)26-28)11-12-23(29)27-13-15-31-16-14-27/h3-10H,11-16H2,1-2H3. The van der Waals surface area contributed by atoms with Crippen molar-refractivity contribution in [1.82, 2.24) is 14.7 Å². The Kier molecular flexibility index (Phi) is 6.61. The smallest absolute Gasteiger partial charge is 0.226 e. The predicted molar refractivity (Wildman–Crippen MR) is 122 cm³/mol. The highest BCUT2D eigenvalue weighted by atomic mass is 32.2. The van der Waals surface area contributed by atoms with Gasteiger partial charge in [-0.25, -0.2) is 4.39 Å². The summed E-state index contributed by atoms with van der Waals surface area (Å²) in [5.74, 6) is 2.26. The molecule has 2 aromatic carbocycles. The Balaban J connectivity index is 1.67. The van der Waals surface area contributed by atoms with Crippen molar-refractivity contribution in [2.45, 2.75) is 26.7 Å². The fourth-order valence-electron chi connectivity index (χ4n) is 3.73. The average molecular weight is 440 g/mol. The lowest BCUT2D eigenvalue weighted by Gasteiger charge is -2.26. The molecule has 0 N–H and O–H groups in total. The molecule has 5 nitrogen and oxygen atoms in total. The number of hydrogen-bond donors (Lipinski definition) is 0. The van der Waals surface area contributed by atoms with Gasteiger partial charge >= 0.3 is 0 Å². The summed E-state index contributed by atoms with van der Waals surface area (Å²) in [4.78, 5) is 14.7. The van der Waals surface area contributed by atoms with Crippen LogP contribution in [0, 0.1) is 19.7 Å². The average Bonchev–Trinajstić information content (AvgIpc) is 3.09. The lowest BCUT2D eigenvalue weighted by Crippen LogP contribution is -2.38. The van der Waals surface area contributed by atoms with Gasteiger partial charge in [0.1, 0.15) is 0 Å². The second-order valence-electron chi connectivity index (χ2n) is 7.59. The Morgan fingerprint density at radius 1 is 1.10 bits per heavy atom. The number of carbonyl (C=O) groups is 1. The van der Waals surface area contributed by atoms with Crippen molar-refractivity contribution in [3.63, 3.8) is 0 Å². The summed E-state index contributed by atoms with van der Waals surface area (Å²) >= 11 is 1.88. The highest BCUT2D eigenvalue weighted by Crippen LogP contribution is 2.33. The normalized spacial score (nSPS) is 14.0. The highest BCUT2D eigenvalue weighted by molar-refractivity contribution is 7.99. The molecule has 1 aliphatic heterocycles. The Morgan fingerprint density at radius 2 is 1.81 bits per heavy atom.